The summed E-state index contributed by atoms with van der Waals surface area (Å²) in [6.07, 6.45) is 5.88. The second-order valence-corrected chi connectivity index (χ2v) is 5.31. The van der Waals surface area contributed by atoms with E-state index < -0.39 is 12.0 Å². The Morgan fingerprint density at radius 1 is 1.27 bits per heavy atom. The fourth-order valence-corrected chi connectivity index (χ4v) is 2.63. The van der Waals surface area contributed by atoms with Crippen molar-refractivity contribution in [3.8, 4) is 0 Å². The minimum Gasteiger partial charge on any atom is -0.480 e. The van der Waals surface area contributed by atoms with Crippen LogP contribution < -0.4 is 5.73 Å². The third kappa shape index (κ3) is 2.84. The third-order valence-electron chi connectivity index (χ3n) is 3.70. The van der Waals surface area contributed by atoms with Crippen molar-refractivity contribution in [2.75, 3.05) is 0 Å². The quantitative estimate of drug-likeness (QED) is 0.754. The highest BCUT2D eigenvalue weighted by molar-refractivity contribution is 5.85. The highest BCUT2D eigenvalue weighted by Gasteiger charge is 2.16. The van der Waals surface area contributed by atoms with E-state index in [1.807, 2.05) is 48.8 Å². The van der Waals surface area contributed by atoms with Crippen molar-refractivity contribution < 1.29 is 9.90 Å². The molecule has 0 saturated carbocycles. The summed E-state index contributed by atoms with van der Waals surface area (Å²) >= 11 is 0. The van der Waals surface area contributed by atoms with E-state index in [9.17, 15) is 4.79 Å². The number of aromatic nitrogens is 2. The molecule has 1 atom stereocenters. The third-order valence-corrected chi connectivity index (χ3v) is 3.70. The van der Waals surface area contributed by atoms with Gasteiger partial charge in [0.15, 0.2) is 0 Å². The zero-order valence-corrected chi connectivity index (χ0v) is 12.0. The minimum atomic E-state index is -0.982. The van der Waals surface area contributed by atoms with Crippen LogP contribution >= 0.6 is 0 Å². The number of carboxylic acids is 1. The van der Waals surface area contributed by atoms with Crippen LogP contribution in [0.5, 0.6) is 0 Å². The average molecular weight is 295 g/mol. The first-order chi connectivity index (χ1) is 10.6. The summed E-state index contributed by atoms with van der Waals surface area (Å²) < 4.78 is 2.11. The molecule has 0 fully saturated rings. The summed E-state index contributed by atoms with van der Waals surface area (Å²) in [5, 5.41) is 10.1. The summed E-state index contributed by atoms with van der Waals surface area (Å²) in [6.45, 7) is 0.691. The van der Waals surface area contributed by atoms with Crippen LogP contribution in [0, 0.1) is 0 Å². The van der Waals surface area contributed by atoms with E-state index in [-0.39, 0.29) is 0 Å². The average Bonchev–Trinajstić information content (AvgIpc) is 2.86. The molecule has 0 saturated heterocycles. The van der Waals surface area contributed by atoms with Gasteiger partial charge in [-0.15, -0.1) is 0 Å². The fraction of sp³-hybridized carbons (Fsp3) is 0.176. The summed E-state index contributed by atoms with van der Waals surface area (Å²) in [5.41, 5.74) is 8.80. The first kappa shape index (κ1) is 14.3. The molecule has 5 nitrogen and oxygen atoms in total. The van der Waals surface area contributed by atoms with Gasteiger partial charge in [0.1, 0.15) is 6.04 Å². The first-order valence-electron chi connectivity index (χ1n) is 7.09. The molecule has 0 amide bonds. The van der Waals surface area contributed by atoms with Crippen LogP contribution in [0.25, 0.3) is 10.9 Å². The predicted molar refractivity (Wildman–Crippen MR) is 84.6 cm³/mol. The number of fused-ring (bicyclic) bond motifs is 1. The predicted octanol–water partition coefficient (Wildman–Crippen LogP) is 2.04. The molecule has 0 aliphatic rings. The largest absolute Gasteiger partial charge is 0.480 e. The van der Waals surface area contributed by atoms with Crippen molar-refractivity contribution in [3.63, 3.8) is 0 Å². The Balaban J connectivity index is 1.99. The van der Waals surface area contributed by atoms with Crippen LogP contribution in [0.15, 0.2) is 55.0 Å². The minimum absolute atomic E-state index is 0.315. The van der Waals surface area contributed by atoms with Crippen LogP contribution in [0.1, 0.15) is 11.1 Å². The van der Waals surface area contributed by atoms with E-state index in [1.165, 1.54) is 0 Å². The Morgan fingerprint density at radius 3 is 2.82 bits per heavy atom. The topological polar surface area (TPSA) is 81.1 Å². The number of aliphatic carboxylic acids is 1. The molecule has 0 aliphatic carbocycles. The Hall–Kier alpha value is -2.66. The Morgan fingerprint density at radius 2 is 2.09 bits per heavy atom. The lowest BCUT2D eigenvalue weighted by Gasteiger charge is -2.05. The van der Waals surface area contributed by atoms with E-state index in [0.29, 0.717) is 13.0 Å². The molecule has 22 heavy (non-hydrogen) atoms. The van der Waals surface area contributed by atoms with Gasteiger partial charge in [-0.05, 0) is 23.3 Å². The summed E-state index contributed by atoms with van der Waals surface area (Å²) in [7, 11) is 0. The Bertz CT molecular complexity index is 796. The zero-order valence-electron chi connectivity index (χ0n) is 12.0. The molecule has 3 aromatic rings. The number of hydrogen-bond donors (Lipinski definition) is 2. The van der Waals surface area contributed by atoms with Crippen molar-refractivity contribution in [2.45, 2.75) is 19.0 Å². The number of nitrogens with two attached hydrogens (primary N) is 1. The van der Waals surface area contributed by atoms with E-state index in [1.54, 1.807) is 6.20 Å². The van der Waals surface area contributed by atoms with Gasteiger partial charge in [-0.1, -0.05) is 24.3 Å². The molecule has 3 N–H and O–H groups in total. The van der Waals surface area contributed by atoms with E-state index >= 15 is 0 Å². The number of benzene rings is 1. The molecule has 112 valence electrons. The maximum atomic E-state index is 11.0. The lowest BCUT2D eigenvalue weighted by atomic mass is 10.1. The van der Waals surface area contributed by atoms with Crippen molar-refractivity contribution in [1.29, 1.82) is 0 Å². The van der Waals surface area contributed by atoms with Crippen LogP contribution in [0.3, 0.4) is 0 Å². The lowest BCUT2D eigenvalue weighted by molar-refractivity contribution is -0.138. The van der Waals surface area contributed by atoms with Gasteiger partial charge in [-0.2, -0.15) is 0 Å². The number of carbonyl (C=O) groups is 1. The van der Waals surface area contributed by atoms with E-state index in [4.69, 9.17) is 10.8 Å². The molecule has 1 aromatic carbocycles. The van der Waals surface area contributed by atoms with Crippen LogP contribution in [-0.2, 0) is 17.8 Å². The summed E-state index contributed by atoms with van der Waals surface area (Å²) in [5.74, 6) is -0.982. The van der Waals surface area contributed by atoms with Crippen molar-refractivity contribution in [3.05, 3.63) is 66.1 Å². The van der Waals surface area contributed by atoms with Gasteiger partial charge in [0.2, 0.25) is 0 Å². The molecule has 0 unspecified atom stereocenters. The zero-order chi connectivity index (χ0) is 15.5. The number of pyridine rings is 1. The van der Waals surface area contributed by atoms with Crippen molar-refractivity contribution in [1.82, 2.24) is 9.55 Å². The van der Waals surface area contributed by atoms with Gasteiger partial charge in [0.05, 0.1) is 0 Å². The fourth-order valence-electron chi connectivity index (χ4n) is 2.63. The number of rotatable bonds is 5. The molecule has 3 rings (SSSR count). The van der Waals surface area contributed by atoms with Crippen molar-refractivity contribution >= 4 is 16.9 Å². The maximum Gasteiger partial charge on any atom is 0.320 e. The van der Waals surface area contributed by atoms with Gasteiger partial charge in [0.25, 0.3) is 0 Å². The molecule has 5 heteroatoms. The van der Waals surface area contributed by atoms with Crippen LogP contribution in [0.4, 0.5) is 0 Å². The SMILES string of the molecule is N[C@@H](Cc1cn(Cc2cccnc2)c2ccccc12)C(=O)O. The number of carboxylic acid groups (broad SMARTS) is 1. The molecule has 0 radical (unpaired) electrons. The maximum absolute atomic E-state index is 11.0. The lowest BCUT2D eigenvalue weighted by Crippen LogP contribution is -2.32. The molecular formula is C17H17N3O2. The second kappa shape index (κ2) is 5.99. The standard InChI is InChI=1S/C17H17N3O2/c18-15(17(21)22)8-13-11-20(10-12-4-3-7-19-9-12)16-6-2-1-5-14(13)16/h1-7,9,11,15H,8,10,18H2,(H,21,22)/t15-/m0/s1. The van der Waals surface area contributed by atoms with Crippen LogP contribution in [0.2, 0.25) is 0 Å². The van der Waals surface area contributed by atoms with Gasteiger partial charge >= 0.3 is 5.97 Å². The highest BCUT2D eigenvalue weighted by atomic mass is 16.4. The van der Waals surface area contributed by atoms with Gasteiger partial charge in [-0.3, -0.25) is 9.78 Å². The number of hydrogen-bond acceptors (Lipinski definition) is 3. The molecule has 2 heterocycles. The van der Waals surface area contributed by atoms with Gasteiger partial charge in [-0.25, -0.2) is 0 Å². The van der Waals surface area contributed by atoms with Gasteiger partial charge < -0.3 is 15.4 Å². The van der Waals surface area contributed by atoms with Gasteiger partial charge in [0, 0.05) is 42.5 Å². The monoisotopic (exact) mass is 295 g/mol. The number of nitrogens with zero attached hydrogens (tertiary/aromatic N) is 2. The molecular weight excluding hydrogens is 278 g/mol. The highest BCUT2D eigenvalue weighted by Crippen LogP contribution is 2.23. The van der Waals surface area contributed by atoms with E-state index in [2.05, 4.69) is 9.55 Å². The molecule has 0 aliphatic heterocycles. The van der Waals surface area contributed by atoms with Crippen molar-refractivity contribution in [2.24, 2.45) is 5.73 Å². The Labute approximate surface area is 128 Å². The molecule has 0 bridgehead atoms. The number of para-hydroxylation sites is 1. The molecule has 0 spiro atoms. The van der Waals surface area contributed by atoms with Crippen LogP contribution in [-0.4, -0.2) is 26.7 Å². The summed E-state index contributed by atoms with van der Waals surface area (Å²) in [4.78, 5) is 15.1. The molecule has 2 aromatic heterocycles. The summed E-state index contributed by atoms with van der Waals surface area (Å²) in [6, 6.07) is 11.0. The first-order valence-corrected chi connectivity index (χ1v) is 7.09. The Kier molecular flexibility index (Phi) is 3.89. The normalized spacial score (nSPS) is 12.4. The van der Waals surface area contributed by atoms with E-state index in [0.717, 1.165) is 22.0 Å². The second-order valence-electron chi connectivity index (χ2n) is 5.31. The smallest absolute Gasteiger partial charge is 0.320 e.